The first-order chi connectivity index (χ1) is 12.6. The molecule has 1 fully saturated rings. The lowest BCUT2D eigenvalue weighted by atomic mass is 9.97. The summed E-state index contributed by atoms with van der Waals surface area (Å²) < 4.78 is 16.1. The first-order valence-electron chi connectivity index (χ1n) is 8.70. The van der Waals surface area contributed by atoms with Crippen LogP contribution in [-0.4, -0.2) is 33.8 Å². The number of piperidine rings is 1. The molecule has 2 aromatic heterocycles. The van der Waals surface area contributed by atoms with E-state index in [-0.39, 0.29) is 17.6 Å². The number of pyridine rings is 1. The maximum Gasteiger partial charge on any atom is 0.228 e. The minimum atomic E-state index is -0.343. The number of carbonyl (C=O) groups is 1. The third-order valence-corrected chi connectivity index (χ3v) is 4.79. The van der Waals surface area contributed by atoms with Gasteiger partial charge in [0.2, 0.25) is 5.91 Å². The summed E-state index contributed by atoms with van der Waals surface area (Å²) in [7, 11) is 1.82. The molecule has 0 unspecified atom stereocenters. The van der Waals surface area contributed by atoms with Crippen molar-refractivity contribution >= 4 is 22.5 Å². The van der Waals surface area contributed by atoms with Crippen molar-refractivity contribution in [2.24, 2.45) is 13.0 Å². The van der Waals surface area contributed by atoms with Crippen molar-refractivity contribution in [2.75, 3.05) is 18.4 Å². The summed E-state index contributed by atoms with van der Waals surface area (Å²) >= 11 is 0. The van der Waals surface area contributed by atoms with Gasteiger partial charge in [0.15, 0.2) is 0 Å². The predicted molar refractivity (Wildman–Crippen MR) is 98.1 cm³/mol. The van der Waals surface area contributed by atoms with Crippen LogP contribution < -0.4 is 10.6 Å². The zero-order valence-electron chi connectivity index (χ0n) is 14.5. The molecule has 0 spiro atoms. The van der Waals surface area contributed by atoms with Gasteiger partial charge < -0.3 is 10.6 Å². The number of anilines is 1. The van der Waals surface area contributed by atoms with Gasteiger partial charge in [0.05, 0.1) is 6.20 Å². The van der Waals surface area contributed by atoms with Crippen molar-refractivity contribution in [2.45, 2.75) is 12.8 Å². The van der Waals surface area contributed by atoms with Crippen LogP contribution in [0, 0.1) is 11.7 Å². The van der Waals surface area contributed by atoms with Gasteiger partial charge in [0.1, 0.15) is 11.6 Å². The summed E-state index contributed by atoms with van der Waals surface area (Å²) in [4.78, 5) is 16.6. The number of hydrogen-bond acceptors (Lipinski definition) is 4. The number of benzene rings is 1. The summed E-state index contributed by atoms with van der Waals surface area (Å²) in [5.41, 5.74) is 1.58. The van der Waals surface area contributed by atoms with E-state index >= 15 is 0 Å². The average molecular weight is 353 g/mol. The second-order valence-electron chi connectivity index (χ2n) is 6.66. The molecule has 1 amide bonds. The molecule has 1 aliphatic rings. The van der Waals surface area contributed by atoms with E-state index in [1.807, 2.05) is 19.3 Å². The van der Waals surface area contributed by atoms with Crippen LogP contribution in [0.5, 0.6) is 0 Å². The number of nitrogens with zero attached hydrogens (tertiary/aromatic N) is 3. The Morgan fingerprint density at radius 1 is 1.23 bits per heavy atom. The monoisotopic (exact) mass is 353 g/mol. The molecule has 0 atom stereocenters. The molecule has 6 nitrogen and oxygen atoms in total. The first kappa shape index (κ1) is 16.7. The van der Waals surface area contributed by atoms with Crippen molar-refractivity contribution in [1.29, 1.82) is 0 Å². The van der Waals surface area contributed by atoms with Crippen molar-refractivity contribution in [3.63, 3.8) is 0 Å². The lowest BCUT2D eigenvalue weighted by molar-refractivity contribution is -0.120. The Bertz CT molecular complexity index is 962. The Balaban J connectivity index is 1.64. The topological polar surface area (TPSA) is 71.8 Å². The predicted octanol–water partition coefficient (Wildman–Crippen LogP) is 2.71. The Labute approximate surface area is 150 Å². The molecule has 3 heterocycles. The van der Waals surface area contributed by atoms with Crippen LogP contribution in [-0.2, 0) is 11.8 Å². The minimum absolute atomic E-state index is 0.00721. The Morgan fingerprint density at radius 2 is 2.04 bits per heavy atom. The van der Waals surface area contributed by atoms with Crippen LogP contribution in [0.4, 0.5) is 10.2 Å². The SMILES string of the molecule is Cn1cc(-c2cc(F)c3cnc(NC(=O)C4CCNCC4)cc3c2)cn1. The lowest BCUT2D eigenvalue weighted by Gasteiger charge is -2.21. The highest BCUT2D eigenvalue weighted by molar-refractivity contribution is 5.95. The quantitative estimate of drug-likeness (QED) is 0.759. The number of halogens is 1. The van der Waals surface area contributed by atoms with E-state index in [1.165, 1.54) is 12.3 Å². The third kappa shape index (κ3) is 3.30. The Kier molecular flexibility index (Phi) is 4.38. The van der Waals surface area contributed by atoms with Gasteiger partial charge in [-0.2, -0.15) is 5.10 Å². The van der Waals surface area contributed by atoms with Gasteiger partial charge in [0, 0.05) is 36.3 Å². The zero-order chi connectivity index (χ0) is 18.1. The van der Waals surface area contributed by atoms with Crippen molar-refractivity contribution in [1.82, 2.24) is 20.1 Å². The summed E-state index contributed by atoms with van der Waals surface area (Å²) in [5, 5.41) is 11.4. The van der Waals surface area contributed by atoms with E-state index in [9.17, 15) is 9.18 Å². The molecular weight excluding hydrogens is 333 g/mol. The fraction of sp³-hybridized carbons (Fsp3) is 0.316. The summed E-state index contributed by atoms with van der Waals surface area (Å²) in [6, 6.07) is 5.09. The van der Waals surface area contributed by atoms with Crippen molar-refractivity contribution in [3.8, 4) is 11.1 Å². The number of amides is 1. The fourth-order valence-corrected chi connectivity index (χ4v) is 3.33. The standard InChI is InChI=1S/C19H20FN5O/c1-25-11-15(9-23-25)13-6-14-8-18(22-10-16(14)17(20)7-13)24-19(26)12-2-4-21-5-3-12/h6-12,21H,2-5H2,1H3,(H,22,24,26). The molecule has 4 rings (SSSR count). The molecule has 134 valence electrons. The largest absolute Gasteiger partial charge is 0.317 e. The van der Waals surface area contributed by atoms with E-state index < -0.39 is 0 Å². The lowest BCUT2D eigenvalue weighted by Crippen LogP contribution is -2.34. The summed E-state index contributed by atoms with van der Waals surface area (Å²) in [6.07, 6.45) is 6.64. The number of nitrogens with one attached hydrogen (secondary N) is 2. The van der Waals surface area contributed by atoms with Crippen LogP contribution >= 0.6 is 0 Å². The normalized spacial score (nSPS) is 15.3. The van der Waals surface area contributed by atoms with E-state index in [0.29, 0.717) is 16.6 Å². The number of aromatic nitrogens is 3. The number of hydrogen-bond donors (Lipinski definition) is 2. The van der Waals surface area contributed by atoms with Gasteiger partial charge >= 0.3 is 0 Å². The molecule has 3 aromatic rings. The Morgan fingerprint density at radius 3 is 2.77 bits per heavy atom. The molecule has 0 aliphatic carbocycles. The molecule has 0 radical (unpaired) electrons. The summed E-state index contributed by atoms with van der Waals surface area (Å²) in [5.74, 6) is 0.0725. The molecule has 1 aromatic carbocycles. The van der Waals surface area contributed by atoms with Gasteiger partial charge in [-0.1, -0.05) is 0 Å². The van der Waals surface area contributed by atoms with Gasteiger partial charge in [-0.15, -0.1) is 0 Å². The van der Waals surface area contributed by atoms with Crippen LogP contribution in [0.3, 0.4) is 0 Å². The number of carbonyl (C=O) groups excluding carboxylic acids is 1. The van der Waals surface area contributed by atoms with Crippen molar-refractivity contribution in [3.05, 3.63) is 42.6 Å². The number of fused-ring (bicyclic) bond motifs is 1. The van der Waals surface area contributed by atoms with Gasteiger partial charge in [-0.05, 0) is 55.1 Å². The van der Waals surface area contributed by atoms with Gasteiger partial charge in [0.25, 0.3) is 0 Å². The van der Waals surface area contributed by atoms with Gasteiger partial charge in [-0.25, -0.2) is 9.37 Å². The second kappa shape index (κ2) is 6.84. The highest BCUT2D eigenvalue weighted by atomic mass is 19.1. The number of aryl methyl sites for hydroxylation is 1. The van der Waals surface area contributed by atoms with Crippen LogP contribution in [0.2, 0.25) is 0 Å². The van der Waals surface area contributed by atoms with E-state index in [2.05, 4.69) is 20.7 Å². The van der Waals surface area contributed by atoms with Crippen LogP contribution in [0.25, 0.3) is 21.9 Å². The molecular formula is C19H20FN5O. The maximum atomic E-state index is 14.5. The second-order valence-corrected chi connectivity index (χ2v) is 6.66. The molecule has 0 saturated carbocycles. The van der Waals surface area contributed by atoms with Crippen LogP contribution in [0.1, 0.15) is 12.8 Å². The van der Waals surface area contributed by atoms with Gasteiger partial charge in [-0.3, -0.25) is 9.48 Å². The highest BCUT2D eigenvalue weighted by Gasteiger charge is 2.21. The van der Waals surface area contributed by atoms with E-state index in [1.54, 1.807) is 16.9 Å². The highest BCUT2D eigenvalue weighted by Crippen LogP contribution is 2.28. The average Bonchev–Trinajstić information content (AvgIpc) is 3.08. The molecule has 7 heteroatoms. The molecule has 1 saturated heterocycles. The maximum absolute atomic E-state index is 14.5. The molecule has 26 heavy (non-hydrogen) atoms. The first-order valence-corrected chi connectivity index (χ1v) is 8.70. The summed E-state index contributed by atoms with van der Waals surface area (Å²) in [6.45, 7) is 1.70. The van der Waals surface area contributed by atoms with Crippen molar-refractivity contribution < 1.29 is 9.18 Å². The fourth-order valence-electron chi connectivity index (χ4n) is 3.33. The third-order valence-electron chi connectivity index (χ3n) is 4.79. The number of rotatable bonds is 3. The van der Waals surface area contributed by atoms with E-state index in [4.69, 9.17) is 0 Å². The molecule has 1 aliphatic heterocycles. The minimum Gasteiger partial charge on any atom is -0.317 e. The van der Waals surface area contributed by atoms with Crippen LogP contribution in [0.15, 0.2) is 36.8 Å². The Hall–Kier alpha value is -2.80. The molecule has 2 N–H and O–H groups in total. The van der Waals surface area contributed by atoms with E-state index in [0.717, 1.165) is 37.1 Å². The molecule has 0 bridgehead atoms. The smallest absolute Gasteiger partial charge is 0.228 e. The zero-order valence-corrected chi connectivity index (χ0v) is 14.5.